The maximum absolute atomic E-state index is 13.0. The van der Waals surface area contributed by atoms with E-state index in [1.807, 2.05) is 0 Å². The summed E-state index contributed by atoms with van der Waals surface area (Å²) >= 11 is 0. The van der Waals surface area contributed by atoms with Crippen molar-refractivity contribution in [3.63, 3.8) is 0 Å². The zero-order chi connectivity index (χ0) is 23.4. The molecular weight excluding hydrogens is 420 g/mol. The van der Waals surface area contributed by atoms with Crippen LogP contribution in [0, 0.1) is 11.3 Å². The molecule has 1 aliphatic heterocycles. The van der Waals surface area contributed by atoms with E-state index in [2.05, 4.69) is 10.6 Å². The summed E-state index contributed by atoms with van der Waals surface area (Å²) in [6, 6.07) is 13.3. The van der Waals surface area contributed by atoms with Gasteiger partial charge in [-0.25, -0.2) is 0 Å². The fourth-order valence-corrected chi connectivity index (χ4v) is 4.41. The topological polar surface area (TPSA) is 119 Å². The minimum Gasteiger partial charge on any atom is -0.348 e. The highest BCUT2D eigenvalue weighted by atomic mass is 16.2. The standard InChI is InChI=1S/C25H24N4O4/c26-13-12-22(30)28-21-9-5-4-6-17(21)15-27-23(31)16-10-11-19-20(14-16)25(33)29(24(19)32)18-7-2-1-3-8-18/h4-6,9-11,14,18H,1-3,7-8,12,15H2,(H,27,31)(H,28,30). The van der Waals surface area contributed by atoms with E-state index in [9.17, 15) is 19.2 Å². The van der Waals surface area contributed by atoms with Crippen molar-refractivity contribution < 1.29 is 19.2 Å². The van der Waals surface area contributed by atoms with Gasteiger partial charge in [0.1, 0.15) is 6.42 Å². The molecule has 8 nitrogen and oxygen atoms in total. The average molecular weight is 444 g/mol. The summed E-state index contributed by atoms with van der Waals surface area (Å²) < 4.78 is 0. The second-order valence-electron chi connectivity index (χ2n) is 8.26. The van der Waals surface area contributed by atoms with E-state index in [-0.39, 0.29) is 41.9 Å². The van der Waals surface area contributed by atoms with Crippen LogP contribution >= 0.6 is 0 Å². The lowest BCUT2D eigenvalue weighted by Crippen LogP contribution is -2.40. The number of carbonyl (C=O) groups excluding carboxylic acids is 4. The smallest absolute Gasteiger partial charge is 0.261 e. The zero-order valence-corrected chi connectivity index (χ0v) is 18.1. The number of imide groups is 1. The molecule has 4 amide bonds. The molecule has 1 aliphatic carbocycles. The Kier molecular flexibility index (Phi) is 6.50. The van der Waals surface area contributed by atoms with Gasteiger partial charge in [0.15, 0.2) is 0 Å². The van der Waals surface area contributed by atoms with Crippen molar-refractivity contribution in [3.05, 3.63) is 64.7 Å². The average Bonchev–Trinajstić information content (AvgIpc) is 3.08. The van der Waals surface area contributed by atoms with Crippen LogP contribution in [0.2, 0.25) is 0 Å². The van der Waals surface area contributed by atoms with Crippen molar-refractivity contribution in [1.29, 1.82) is 5.26 Å². The van der Waals surface area contributed by atoms with Gasteiger partial charge in [-0.1, -0.05) is 37.5 Å². The fraction of sp³-hybridized carbons (Fsp3) is 0.320. The van der Waals surface area contributed by atoms with Crippen molar-refractivity contribution in [2.24, 2.45) is 0 Å². The van der Waals surface area contributed by atoms with Gasteiger partial charge in [-0.2, -0.15) is 5.26 Å². The second kappa shape index (κ2) is 9.65. The molecule has 168 valence electrons. The van der Waals surface area contributed by atoms with Crippen LogP contribution in [0.3, 0.4) is 0 Å². The Labute approximate surface area is 191 Å². The van der Waals surface area contributed by atoms with Crippen LogP contribution in [0.25, 0.3) is 0 Å². The van der Waals surface area contributed by atoms with Gasteiger partial charge in [0.25, 0.3) is 17.7 Å². The maximum atomic E-state index is 13.0. The third-order valence-electron chi connectivity index (χ3n) is 6.09. The molecule has 1 fully saturated rings. The first-order valence-electron chi connectivity index (χ1n) is 11.0. The lowest BCUT2D eigenvalue weighted by atomic mass is 9.94. The fourth-order valence-electron chi connectivity index (χ4n) is 4.41. The molecule has 2 aromatic rings. The van der Waals surface area contributed by atoms with Crippen molar-refractivity contribution in [3.8, 4) is 6.07 Å². The van der Waals surface area contributed by atoms with E-state index in [0.717, 1.165) is 32.1 Å². The summed E-state index contributed by atoms with van der Waals surface area (Å²) in [5.74, 6) is -1.44. The summed E-state index contributed by atoms with van der Waals surface area (Å²) in [5.41, 5.74) is 2.07. The van der Waals surface area contributed by atoms with Gasteiger partial charge in [-0.05, 0) is 42.7 Å². The van der Waals surface area contributed by atoms with E-state index in [1.54, 1.807) is 42.5 Å². The molecule has 2 aliphatic rings. The lowest BCUT2D eigenvalue weighted by Gasteiger charge is -2.29. The van der Waals surface area contributed by atoms with E-state index in [0.29, 0.717) is 16.8 Å². The maximum Gasteiger partial charge on any atom is 0.261 e. The number of para-hydroxylation sites is 1. The van der Waals surface area contributed by atoms with E-state index < -0.39 is 11.8 Å². The van der Waals surface area contributed by atoms with E-state index in [1.165, 1.54) is 11.0 Å². The van der Waals surface area contributed by atoms with Crippen molar-refractivity contribution in [2.45, 2.75) is 51.1 Å². The van der Waals surface area contributed by atoms with Crippen LogP contribution in [0.15, 0.2) is 42.5 Å². The third kappa shape index (κ3) is 4.62. The minimum absolute atomic E-state index is 0.0730. The molecule has 0 bridgehead atoms. The predicted molar refractivity (Wildman–Crippen MR) is 120 cm³/mol. The van der Waals surface area contributed by atoms with Crippen molar-refractivity contribution in [2.75, 3.05) is 5.32 Å². The Morgan fingerprint density at radius 2 is 1.73 bits per heavy atom. The molecule has 0 unspecified atom stereocenters. The third-order valence-corrected chi connectivity index (χ3v) is 6.09. The molecule has 1 saturated carbocycles. The Hall–Kier alpha value is -3.99. The highest BCUT2D eigenvalue weighted by Crippen LogP contribution is 2.31. The molecule has 8 heteroatoms. The van der Waals surface area contributed by atoms with Gasteiger partial charge in [-0.3, -0.25) is 24.1 Å². The Balaban J connectivity index is 1.46. The monoisotopic (exact) mass is 444 g/mol. The summed E-state index contributed by atoms with van der Waals surface area (Å²) in [4.78, 5) is 51.7. The summed E-state index contributed by atoms with van der Waals surface area (Å²) in [6.07, 6.45) is 4.51. The van der Waals surface area contributed by atoms with Crippen LogP contribution in [-0.4, -0.2) is 34.6 Å². The first kappa shape index (κ1) is 22.2. The second-order valence-corrected chi connectivity index (χ2v) is 8.26. The lowest BCUT2D eigenvalue weighted by molar-refractivity contribution is -0.115. The number of carbonyl (C=O) groups is 4. The first-order valence-corrected chi connectivity index (χ1v) is 11.0. The molecular formula is C25H24N4O4. The van der Waals surface area contributed by atoms with Crippen LogP contribution in [-0.2, 0) is 11.3 Å². The number of nitrogens with zero attached hydrogens (tertiary/aromatic N) is 2. The molecule has 2 N–H and O–H groups in total. The van der Waals surface area contributed by atoms with Crippen molar-refractivity contribution in [1.82, 2.24) is 10.2 Å². The van der Waals surface area contributed by atoms with Gasteiger partial charge in [0.2, 0.25) is 5.91 Å². The molecule has 0 atom stereocenters. The van der Waals surface area contributed by atoms with Crippen LogP contribution < -0.4 is 10.6 Å². The van der Waals surface area contributed by atoms with Crippen LogP contribution in [0.5, 0.6) is 0 Å². The van der Waals surface area contributed by atoms with Gasteiger partial charge >= 0.3 is 0 Å². The molecule has 0 saturated heterocycles. The SMILES string of the molecule is N#CCC(=O)Nc1ccccc1CNC(=O)c1ccc2c(c1)C(=O)N(C1CCCCC1)C2=O. The van der Waals surface area contributed by atoms with Gasteiger partial charge in [0, 0.05) is 23.8 Å². The van der Waals surface area contributed by atoms with Crippen molar-refractivity contribution >= 4 is 29.3 Å². The summed E-state index contributed by atoms with van der Waals surface area (Å²) in [5, 5.41) is 14.1. The summed E-state index contributed by atoms with van der Waals surface area (Å²) in [6.45, 7) is 0.139. The number of fused-ring (bicyclic) bond motifs is 1. The number of benzene rings is 2. The largest absolute Gasteiger partial charge is 0.348 e. The first-order chi connectivity index (χ1) is 16.0. The minimum atomic E-state index is -0.430. The molecule has 0 spiro atoms. The normalized spacial score (nSPS) is 15.7. The number of hydrogen-bond acceptors (Lipinski definition) is 5. The van der Waals surface area contributed by atoms with Crippen LogP contribution in [0.1, 0.15) is 75.2 Å². The quantitative estimate of drug-likeness (QED) is 0.662. The van der Waals surface area contributed by atoms with Gasteiger partial charge < -0.3 is 10.6 Å². The van der Waals surface area contributed by atoms with Gasteiger partial charge in [0.05, 0.1) is 17.2 Å². The molecule has 1 heterocycles. The Bertz CT molecular complexity index is 1160. The number of amides is 4. The number of rotatable bonds is 6. The summed E-state index contributed by atoms with van der Waals surface area (Å²) in [7, 11) is 0. The van der Waals surface area contributed by atoms with Gasteiger partial charge in [-0.15, -0.1) is 0 Å². The molecule has 0 aromatic heterocycles. The molecule has 2 aromatic carbocycles. The molecule has 33 heavy (non-hydrogen) atoms. The Morgan fingerprint density at radius 1 is 1.00 bits per heavy atom. The van der Waals surface area contributed by atoms with E-state index in [4.69, 9.17) is 5.26 Å². The molecule has 0 radical (unpaired) electrons. The predicted octanol–water partition coefficient (Wildman–Crippen LogP) is 3.40. The number of nitrogens with one attached hydrogen (secondary N) is 2. The Morgan fingerprint density at radius 3 is 2.48 bits per heavy atom. The van der Waals surface area contributed by atoms with E-state index >= 15 is 0 Å². The highest BCUT2D eigenvalue weighted by Gasteiger charge is 2.40. The molecule has 4 rings (SSSR count). The van der Waals surface area contributed by atoms with Crippen LogP contribution in [0.4, 0.5) is 5.69 Å². The highest BCUT2D eigenvalue weighted by molar-refractivity contribution is 6.22. The number of nitriles is 1. The number of anilines is 1. The zero-order valence-electron chi connectivity index (χ0n) is 18.1. The number of hydrogen-bond donors (Lipinski definition) is 2.